The molecular formula is C35H69NO4. The maximum atomic E-state index is 12.3. The highest BCUT2D eigenvalue weighted by atomic mass is 16.3. The van der Waals surface area contributed by atoms with E-state index in [2.05, 4.69) is 31.3 Å². The second kappa shape index (κ2) is 31.0. The van der Waals surface area contributed by atoms with Crippen LogP contribution in [0.1, 0.15) is 181 Å². The molecule has 0 aliphatic rings. The van der Waals surface area contributed by atoms with Crippen LogP contribution in [-0.2, 0) is 4.79 Å². The molecule has 5 nitrogen and oxygen atoms in total. The molecular weight excluding hydrogens is 498 g/mol. The molecule has 0 aromatic heterocycles. The molecule has 0 radical (unpaired) electrons. The van der Waals surface area contributed by atoms with Crippen molar-refractivity contribution < 1.29 is 20.1 Å². The van der Waals surface area contributed by atoms with Crippen LogP contribution in [-0.4, -0.2) is 46.1 Å². The van der Waals surface area contributed by atoms with Gasteiger partial charge in [-0.2, -0.15) is 0 Å². The maximum Gasteiger partial charge on any atom is 0.220 e. The minimum atomic E-state index is -1.13. The predicted molar refractivity (Wildman–Crippen MR) is 172 cm³/mol. The third kappa shape index (κ3) is 26.0. The molecule has 0 aliphatic heterocycles. The summed E-state index contributed by atoms with van der Waals surface area (Å²) in [5, 5.41) is 33.3. The van der Waals surface area contributed by atoms with E-state index < -0.39 is 18.2 Å². The summed E-state index contributed by atoms with van der Waals surface area (Å²) in [6, 6.07) is -0.807. The average molecular weight is 568 g/mol. The Balaban J connectivity index is 3.70. The van der Waals surface area contributed by atoms with E-state index in [4.69, 9.17) is 0 Å². The first kappa shape index (κ1) is 39.1. The third-order valence-corrected chi connectivity index (χ3v) is 8.12. The second-order valence-electron chi connectivity index (χ2n) is 12.1. The molecule has 5 heteroatoms. The van der Waals surface area contributed by atoms with E-state index in [0.717, 1.165) is 44.9 Å². The molecule has 0 fully saturated rings. The van der Waals surface area contributed by atoms with Gasteiger partial charge in [0, 0.05) is 6.42 Å². The molecule has 238 valence electrons. The van der Waals surface area contributed by atoms with E-state index in [-0.39, 0.29) is 12.5 Å². The number of aliphatic hydroxyl groups is 3. The van der Waals surface area contributed by atoms with Crippen LogP contribution in [0.5, 0.6) is 0 Å². The zero-order valence-corrected chi connectivity index (χ0v) is 26.7. The molecule has 0 spiro atoms. The molecule has 0 rings (SSSR count). The van der Waals surface area contributed by atoms with Crippen LogP contribution in [0.4, 0.5) is 0 Å². The predicted octanol–water partition coefficient (Wildman–Crippen LogP) is 8.92. The average Bonchev–Trinajstić information content (AvgIpc) is 2.96. The van der Waals surface area contributed by atoms with Crippen LogP contribution < -0.4 is 5.32 Å². The fourth-order valence-corrected chi connectivity index (χ4v) is 5.32. The fourth-order valence-electron chi connectivity index (χ4n) is 5.32. The van der Waals surface area contributed by atoms with Crippen molar-refractivity contribution in [3.8, 4) is 0 Å². The molecule has 4 N–H and O–H groups in total. The Bertz CT molecular complexity index is 554. The van der Waals surface area contributed by atoms with E-state index >= 15 is 0 Å². The van der Waals surface area contributed by atoms with Crippen molar-refractivity contribution in [1.29, 1.82) is 0 Å². The van der Waals surface area contributed by atoms with Crippen molar-refractivity contribution in [3.63, 3.8) is 0 Å². The van der Waals surface area contributed by atoms with Crippen LogP contribution in [0.15, 0.2) is 12.2 Å². The Kier molecular flexibility index (Phi) is 30.3. The van der Waals surface area contributed by atoms with Crippen molar-refractivity contribution in [1.82, 2.24) is 5.32 Å². The normalized spacial score (nSPS) is 14.0. The lowest BCUT2D eigenvalue weighted by atomic mass is 9.99. The quantitative estimate of drug-likeness (QED) is 0.0497. The summed E-state index contributed by atoms with van der Waals surface area (Å²) in [6.45, 7) is 4.12. The Morgan fingerprint density at radius 1 is 0.600 bits per heavy atom. The molecule has 0 aromatic rings. The monoisotopic (exact) mass is 568 g/mol. The molecule has 0 heterocycles. The van der Waals surface area contributed by atoms with E-state index in [1.807, 2.05) is 0 Å². The van der Waals surface area contributed by atoms with Gasteiger partial charge in [0.25, 0.3) is 0 Å². The van der Waals surface area contributed by atoms with Gasteiger partial charge in [-0.15, -0.1) is 0 Å². The minimum Gasteiger partial charge on any atom is -0.394 e. The Hall–Kier alpha value is -0.910. The van der Waals surface area contributed by atoms with Gasteiger partial charge in [0.1, 0.15) is 6.10 Å². The minimum absolute atomic E-state index is 0.156. The summed E-state index contributed by atoms with van der Waals surface area (Å²) in [5.41, 5.74) is 0. The summed E-state index contributed by atoms with van der Waals surface area (Å²) in [4.78, 5) is 12.3. The molecule has 1 amide bonds. The largest absolute Gasteiger partial charge is 0.394 e. The number of amides is 1. The number of carbonyl (C=O) groups excluding carboxylic acids is 1. The number of carbonyl (C=O) groups is 1. The van der Waals surface area contributed by atoms with Crippen molar-refractivity contribution in [3.05, 3.63) is 12.2 Å². The topological polar surface area (TPSA) is 89.8 Å². The summed E-state index contributed by atoms with van der Waals surface area (Å²) in [5.74, 6) is -0.156. The number of hydrogen-bond acceptors (Lipinski definition) is 4. The molecule has 3 atom stereocenters. The smallest absolute Gasteiger partial charge is 0.220 e. The van der Waals surface area contributed by atoms with Gasteiger partial charge < -0.3 is 20.6 Å². The maximum absolute atomic E-state index is 12.3. The molecule has 3 unspecified atom stereocenters. The van der Waals surface area contributed by atoms with Gasteiger partial charge >= 0.3 is 0 Å². The summed E-state index contributed by atoms with van der Waals surface area (Å²) < 4.78 is 0. The second-order valence-corrected chi connectivity index (χ2v) is 12.1. The fraction of sp³-hybridized carbons (Fsp3) is 0.914. The van der Waals surface area contributed by atoms with Gasteiger partial charge in [-0.25, -0.2) is 0 Å². The highest BCUT2D eigenvalue weighted by molar-refractivity contribution is 5.76. The van der Waals surface area contributed by atoms with Crippen LogP contribution >= 0.6 is 0 Å². The highest BCUT2D eigenvalue weighted by Gasteiger charge is 2.26. The third-order valence-electron chi connectivity index (χ3n) is 8.12. The zero-order chi connectivity index (χ0) is 29.5. The van der Waals surface area contributed by atoms with Crippen molar-refractivity contribution in [2.24, 2.45) is 0 Å². The van der Waals surface area contributed by atoms with Gasteiger partial charge in [-0.1, -0.05) is 154 Å². The van der Waals surface area contributed by atoms with Crippen molar-refractivity contribution in [2.45, 2.75) is 199 Å². The first-order valence-electron chi connectivity index (χ1n) is 17.5. The van der Waals surface area contributed by atoms with E-state index in [0.29, 0.717) is 12.8 Å². The molecule has 0 saturated heterocycles. The lowest BCUT2D eigenvalue weighted by molar-refractivity contribution is -0.124. The molecule has 0 aliphatic carbocycles. The van der Waals surface area contributed by atoms with Gasteiger partial charge in [0.05, 0.1) is 18.8 Å². The van der Waals surface area contributed by atoms with Crippen LogP contribution in [0.25, 0.3) is 0 Å². The number of allylic oxidation sites excluding steroid dienone is 2. The number of aliphatic hydroxyl groups excluding tert-OH is 3. The van der Waals surface area contributed by atoms with Crippen LogP contribution in [0, 0.1) is 0 Å². The Morgan fingerprint density at radius 3 is 1.52 bits per heavy atom. The van der Waals surface area contributed by atoms with Crippen molar-refractivity contribution in [2.75, 3.05) is 6.61 Å². The van der Waals surface area contributed by atoms with Gasteiger partial charge in [-0.05, 0) is 32.1 Å². The van der Waals surface area contributed by atoms with E-state index in [1.165, 1.54) is 109 Å². The number of unbranched alkanes of at least 4 members (excludes halogenated alkanes) is 21. The number of rotatable bonds is 31. The number of hydrogen-bond donors (Lipinski definition) is 4. The van der Waals surface area contributed by atoms with Crippen LogP contribution in [0.2, 0.25) is 0 Å². The first-order valence-corrected chi connectivity index (χ1v) is 17.5. The summed E-state index contributed by atoms with van der Waals surface area (Å²) in [7, 11) is 0. The number of nitrogens with one attached hydrogen (secondary N) is 1. The first-order chi connectivity index (χ1) is 19.6. The Labute approximate surface area is 249 Å². The highest BCUT2D eigenvalue weighted by Crippen LogP contribution is 2.15. The SMILES string of the molecule is CCCC/C=C\CCCCCCCC(=O)NC(CO)C(O)C(O)CCCCCCCCCCCCCCCCC. The lowest BCUT2D eigenvalue weighted by Crippen LogP contribution is -2.50. The van der Waals surface area contributed by atoms with Gasteiger partial charge in [0.15, 0.2) is 0 Å². The summed E-state index contributed by atoms with van der Waals surface area (Å²) in [6.07, 6.45) is 33.0. The van der Waals surface area contributed by atoms with Gasteiger partial charge in [0.2, 0.25) is 5.91 Å². The molecule has 0 aromatic carbocycles. The van der Waals surface area contributed by atoms with E-state index in [9.17, 15) is 20.1 Å². The van der Waals surface area contributed by atoms with Crippen molar-refractivity contribution >= 4 is 5.91 Å². The molecule has 40 heavy (non-hydrogen) atoms. The molecule has 0 bridgehead atoms. The van der Waals surface area contributed by atoms with Gasteiger partial charge in [-0.3, -0.25) is 4.79 Å². The zero-order valence-electron chi connectivity index (χ0n) is 26.7. The lowest BCUT2D eigenvalue weighted by Gasteiger charge is -2.26. The van der Waals surface area contributed by atoms with Crippen LogP contribution in [0.3, 0.4) is 0 Å². The van der Waals surface area contributed by atoms with E-state index in [1.54, 1.807) is 0 Å². The summed E-state index contributed by atoms with van der Waals surface area (Å²) >= 11 is 0. The standard InChI is InChI=1S/C35H69NO4/c1-3-5-7-9-11-13-15-16-17-18-20-21-23-25-27-29-33(38)35(40)32(31-37)36-34(39)30-28-26-24-22-19-14-12-10-8-6-4-2/h10,12,32-33,35,37-38,40H,3-9,11,13-31H2,1-2H3,(H,36,39)/b12-10-. The Morgan fingerprint density at radius 2 is 1.02 bits per heavy atom. The molecule has 0 saturated carbocycles.